The molecule has 3 aliphatic rings. The lowest BCUT2D eigenvalue weighted by Gasteiger charge is -2.50. The van der Waals surface area contributed by atoms with E-state index in [2.05, 4.69) is 17.6 Å². The lowest BCUT2D eigenvalue weighted by atomic mass is 9.88. The molecule has 0 radical (unpaired) electrons. The van der Waals surface area contributed by atoms with Crippen LogP contribution in [0.4, 0.5) is 0 Å². The zero-order valence-corrected chi connectivity index (χ0v) is 36.0. The zero-order chi connectivity index (χ0) is 46.0. The van der Waals surface area contributed by atoms with Crippen molar-refractivity contribution in [3.63, 3.8) is 0 Å². The summed E-state index contributed by atoms with van der Waals surface area (Å²) in [4.78, 5) is 37.5. The van der Waals surface area contributed by atoms with Gasteiger partial charge >= 0.3 is 5.97 Å². The van der Waals surface area contributed by atoms with E-state index in [0.717, 1.165) is 32.6 Å². The molecule has 3 rings (SSSR count). The van der Waals surface area contributed by atoms with Crippen LogP contribution in [0.25, 0.3) is 0 Å². The van der Waals surface area contributed by atoms with Crippen molar-refractivity contribution in [2.24, 2.45) is 0 Å². The van der Waals surface area contributed by atoms with Crippen molar-refractivity contribution in [1.29, 1.82) is 0 Å². The van der Waals surface area contributed by atoms with E-state index in [-0.39, 0.29) is 6.42 Å². The number of aliphatic hydroxyl groups is 10. The molecule has 21 nitrogen and oxygen atoms in total. The first-order chi connectivity index (χ1) is 29.5. The number of nitrogens with one attached hydrogen (secondary N) is 2. The molecule has 2 amide bonds. The van der Waals surface area contributed by atoms with E-state index in [1.54, 1.807) is 0 Å². The number of carbonyl (C=O) groups excluding carboxylic acids is 2. The maximum absolute atomic E-state index is 12.8. The van der Waals surface area contributed by atoms with Gasteiger partial charge in [-0.3, -0.25) is 9.59 Å². The molecule has 0 aromatic carbocycles. The molecule has 3 aliphatic heterocycles. The Kier molecular flexibility index (Phi) is 23.9. The second-order valence-corrected chi connectivity index (χ2v) is 16.8. The summed E-state index contributed by atoms with van der Waals surface area (Å²) in [6, 6.07) is -1.55. The van der Waals surface area contributed by atoms with E-state index in [0.29, 0.717) is 6.42 Å². The lowest BCUT2D eigenvalue weighted by molar-refractivity contribution is -0.381. The number of hydrogen-bond donors (Lipinski definition) is 13. The number of amides is 2. The normalized spacial score (nSPS) is 34.9. The minimum atomic E-state index is -3.04. The van der Waals surface area contributed by atoms with Gasteiger partial charge in [0, 0.05) is 19.8 Å². The summed E-state index contributed by atoms with van der Waals surface area (Å²) in [7, 11) is 0. The molecule has 21 heteroatoms. The Labute approximate surface area is 362 Å². The Morgan fingerprint density at radius 2 is 1.26 bits per heavy atom. The lowest BCUT2D eigenvalue weighted by Crippen LogP contribution is -2.71. The molecule has 0 aromatic rings. The third-order valence-electron chi connectivity index (χ3n) is 11.8. The maximum atomic E-state index is 12.8. The number of carbonyl (C=O) groups is 3. The number of unbranched alkanes of at least 4 members (excludes halogenated alkanes) is 14. The predicted molar refractivity (Wildman–Crippen MR) is 216 cm³/mol. The van der Waals surface area contributed by atoms with Crippen molar-refractivity contribution in [1.82, 2.24) is 10.6 Å². The molecule has 0 spiro atoms. The van der Waals surface area contributed by atoms with Gasteiger partial charge < -0.3 is 90.5 Å². The molecule has 362 valence electrons. The number of rotatable bonds is 28. The summed E-state index contributed by atoms with van der Waals surface area (Å²) in [6.45, 7) is 0.396. The van der Waals surface area contributed by atoms with Gasteiger partial charge in [-0.2, -0.15) is 0 Å². The van der Waals surface area contributed by atoms with E-state index < -0.39 is 142 Å². The molecule has 0 aromatic heterocycles. The monoisotopic (exact) mass is 898 g/mol. The number of ether oxygens (including phenoxy) is 5. The molecule has 62 heavy (non-hydrogen) atoms. The Bertz CT molecular complexity index is 1320. The summed E-state index contributed by atoms with van der Waals surface area (Å²) in [5.41, 5.74) is 0. The van der Waals surface area contributed by atoms with Crippen LogP contribution >= 0.6 is 0 Å². The van der Waals surface area contributed by atoms with Gasteiger partial charge in [-0.15, -0.1) is 0 Å². The quantitative estimate of drug-likeness (QED) is 0.0384. The molecule has 13 N–H and O–H groups in total. The fraction of sp³-hybridized carbons (Fsp3) is 0.927. The van der Waals surface area contributed by atoms with Crippen LogP contribution in [-0.4, -0.2) is 191 Å². The van der Waals surface area contributed by atoms with Crippen LogP contribution in [0, 0.1) is 0 Å². The number of hydrogen-bond acceptors (Lipinski definition) is 18. The van der Waals surface area contributed by atoms with E-state index >= 15 is 0 Å². The Hall–Kier alpha value is -2.19. The fourth-order valence-corrected chi connectivity index (χ4v) is 8.19. The van der Waals surface area contributed by atoms with Gasteiger partial charge in [0.05, 0.1) is 32.0 Å². The highest BCUT2D eigenvalue weighted by Gasteiger charge is 2.60. The molecule has 0 unspecified atom stereocenters. The first kappa shape index (κ1) is 54.1. The SMILES string of the molecule is CCCCCCCCCCCCCCCCCC(=O)N[C@@H]1O[C@H](CO)[C@@H](O[C@@H]2O[C@H](CO)[C@H](O)[C@H](O[C@]3(C(=O)O)C[C@H](O)[C@@H](NC(C)=O)[C@H]([C@H](O)[C@H](O)CO)O3)[C@H]2O)[C@H](O)[C@H]1O. The van der Waals surface area contributed by atoms with Gasteiger partial charge in [0.25, 0.3) is 5.79 Å². The second kappa shape index (κ2) is 27.3. The maximum Gasteiger partial charge on any atom is 0.364 e. The van der Waals surface area contributed by atoms with Crippen molar-refractivity contribution >= 4 is 17.8 Å². The highest BCUT2D eigenvalue weighted by atomic mass is 16.8. The fourth-order valence-electron chi connectivity index (χ4n) is 8.19. The highest BCUT2D eigenvalue weighted by molar-refractivity contribution is 5.77. The van der Waals surface area contributed by atoms with E-state index in [1.807, 2.05) is 0 Å². The molecule has 16 atom stereocenters. The van der Waals surface area contributed by atoms with Gasteiger partial charge in [0.2, 0.25) is 11.8 Å². The minimum Gasteiger partial charge on any atom is -0.477 e. The van der Waals surface area contributed by atoms with Crippen molar-refractivity contribution in [2.75, 3.05) is 19.8 Å². The standard InChI is InChI=1S/C41H74N2O19/c1-3-4-5-6-7-8-9-10-11-12-13-14-15-16-17-18-28(50)43-38-33(54)32(53)35(27(22-46)58-38)60-39-34(55)37(31(52)26(21-45)59-39)62-41(40(56)57)19-24(48)29(42-23(2)47)36(61-41)30(51)25(49)20-44/h24-27,29-39,44-46,48-49,51-55H,3-22H2,1-2H3,(H,42,47)(H,43,50)(H,56,57)/t24-,25+,26+,27+,29+,30+,31-,32+,33+,34+,35+,36+,37-,38+,39-,41-/m0/s1. The van der Waals surface area contributed by atoms with Crippen LogP contribution in [0.1, 0.15) is 123 Å². The van der Waals surface area contributed by atoms with Crippen molar-refractivity contribution in [3.8, 4) is 0 Å². The third-order valence-corrected chi connectivity index (χ3v) is 11.8. The van der Waals surface area contributed by atoms with Crippen molar-refractivity contribution in [2.45, 2.75) is 221 Å². The largest absolute Gasteiger partial charge is 0.477 e. The predicted octanol–water partition coefficient (Wildman–Crippen LogP) is -1.84. The summed E-state index contributed by atoms with van der Waals surface area (Å²) in [5.74, 6) is -6.23. The van der Waals surface area contributed by atoms with Gasteiger partial charge in [0.15, 0.2) is 12.5 Å². The van der Waals surface area contributed by atoms with Gasteiger partial charge in [-0.05, 0) is 6.42 Å². The third kappa shape index (κ3) is 15.5. The molecule has 0 saturated carbocycles. The summed E-state index contributed by atoms with van der Waals surface area (Å²) >= 11 is 0. The van der Waals surface area contributed by atoms with Crippen molar-refractivity contribution in [3.05, 3.63) is 0 Å². The number of aliphatic hydroxyl groups excluding tert-OH is 10. The number of carboxylic acids is 1. The molecule has 3 fully saturated rings. The minimum absolute atomic E-state index is 0.118. The number of aliphatic carboxylic acids is 1. The van der Waals surface area contributed by atoms with Crippen molar-refractivity contribution < 1.29 is 94.2 Å². The van der Waals surface area contributed by atoms with Crippen LogP contribution in [0.15, 0.2) is 0 Å². The molecular weight excluding hydrogens is 824 g/mol. The summed E-state index contributed by atoms with van der Waals surface area (Å²) < 4.78 is 28.2. The summed E-state index contributed by atoms with van der Waals surface area (Å²) in [5, 5.41) is 121. The Morgan fingerprint density at radius 1 is 0.710 bits per heavy atom. The first-order valence-corrected chi connectivity index (χ1v) is 22.3. The first-order valence-electron chi connectivity index (χ1n) is 22.3. The Balaban J connectivity index is 1.58. The Morgan fingerprint density at radius 3 is 1.76 bits per heavy atom. The van der Waals surface area contributed by atoms with Crippen LogP contribution in [0.2, 0.25) is 0 Å². The van der Waals surface area contributed by atoms with E-state index in [1.165, 1.54) is 64.2 Å². The van der Waals surface area contributed by atoms with Crippen LogP contribution < -0.4 is 10.6 Å². The van der Waals surface area contributed by atoms with Gasteiger partial charge in [-0.25, -0.2) is 4.79 Å². The van der Waals surface area contributed by atoms with E-state index in [9.17, 15) is 70.6 Å². The molecule has 3 saturated heterocycles. The number of carboxylic acid groups (broad SMARTS) is 1. The smallest absolute Gasteiger partial charge is 0.364 e. The van der Waals surface area contributed by atoms with Crippen LogP contribution in [0.3, 0.4) is 0 Å². The average Bonchev–Trinajstić information content (AvgIpc) is 3.24. The second-order valence-electron chi connectivity index (χ2n) is 16.8. The van der Waals surface area contributed by atoms with Gasteiger partial charge in [0.1, 0.15) is 67.1 Å². The van der Waals surface area contributed by atoms with Gasteiger partial charge in [-0.1, -0.05) is 96.8 Å². The molecular formula is C41H74N2O19. The van der Waals surface area contributed by atoms with Crippen LogP contribution in [-0.2, 0) is 38.1 Å². The topological polar surface area (TPSA) is 344 Å². The molecule has 0 bridgehead atoms. The summed E-state index contributed by atoms with van der Waals surface area (Å²) in [6.07, 6.45) is -9.82. The molecule has 0 aliphatic carbocycles. The molecule has 3 heterocycles. The van der Waals surface area contributed by atoms with Crippen LogP contribution in [0.5, 0.6) is 0 Å². The highest BCUT2D eigenvalue weighted by Crippen LogP contribution is 2.38. The van der Waals surface area contributed by atoms with E-state index in [4.69, 9.17) is 23.7 Å². The zero-order valence-electron chi connectivity index (χ0n) is 36.0. The average molecular weight is 899 g/mol.